The maximum atomic E-state index is 13.2. The molecule has 0 aliphatic heterocycles. The summed E-state index contributed by atoms with van der Waals surface area (Å²) in [5.74, 6) is -1.20. The number of rotatable bonds is 7. The highest BCUT2D eigenvalue weighted by Gasteiger charge is 2.23. The Morgan fingerprint density at radius 3 is 1.67 bits per heavy atom. The highest BCUT2D eigenvalue weighted by Crippen LogP contribution is 2.27. The predicted octanol–water partition coefficient (Wildman–Crippen LogP) is 5.40. The van der Waals surface area contributed by atoms with Gasteiger partial charge in [-0.1, -0.05) is 60.7 Å². The molecule has 0 saturated heterocycles. The van der Waals surface area contributed by atoms with Crippen molar-refractivity contribution >= 4 is 27.3 Å². The first-order valence-electron chi connectivity index (χ1n) is 10.2. The third kappa shape index (κ3) is 5.45. The van der Waals surface area contributed by atoms with E-state index in [9.17, 15) is 17.6 Å². The summed E-state index contributed by atoms with van der Waals surface area (Å²) in [6, 6.07) is 29.8. The molecule has 33 heavy (non-hydrogen) atoms. The third-order valence-corrected chi connectivity index (χ3v) is 6.45. The molecular formula is C26H21FN2O3S. The van der Waals surface area contributed by atoms with Gasteiger partial charge in [-0.15, -0.1) is 0 Å². The molecule has 0 saturated carbocycles. The fourth-order valence-electron chi connectivity index (χ4n) is 3.45. The zero-order valence-corrected chi connectivity index (χ0v) is 18.3. The van der Waals surface area contributed by atoms with Gasteiger partial charge >= 0.3 is 0 Å². The number of carbonyl (C=O) groups is 1. The Bertz CT molecular complexity index is 1290. The number of carbonyl (C=O) groups excluding carboxylic acids is 1. The van der Waals surface area contributed by atoms with Gasteiger partial charge < -0.3 is 5.32 Å². The summed E-state index contributed by atoms with van der Waals surface area (Å²) < 4.78 is 40.7. The van der Waals surface area contributed by atoms with Crippen LogP contribution in [0.5, 0.6) is 0 Å². The first kappa shape index (κ1) is 22.2. The minimum Gasteiger partial charge on any atom is -0.325 e. The molecule has 1 amide bonds. The number of anilines is 2. The number of hydrogen-bond donors (Lipinski definition) is 2. The fraction of sp³-hybridized carbons (Fsp3) is 0.0385. The fourth-order valence-corrected chi connectivity index (χ4v) is 4.51. The van der Waals surface area contributed by atoms with Crippen LogP contribution in [0.2, 0.25) is 0 Å². The molecule has 2 N–H and O–H groups in total. The van der Waals surface area contributed by atoms with Crippen LogP contribution in [0.25, 0.3) is 0 Å². The maximum Gasteiger partial charge on any atom is 0.261 e. The second-order valence-corrected chi connectivity index (χ2v) is 9.06. The van der Waals surface area contributed by atoms with Crippen LogP contribution in [0.4, 0.5) is 15.8 Å². The molecule has 0 bridgehead atoms. The topological polar surface area (TPSA) is 75.3 Å². The SMILES string of the molecule is O=C(Nc1ccc(S(=O)(=O)Nc2ccc(F)cc2)cc1)C(c1ccccc1)c1ccccc1. The highest BCUT2D eigenvalue weighted by molar-refractivity contribution is 7.92. The average Bonchev–Trinajstić information content (AvgIpc) is 2.82. The van der Waals surface area contributed by atoms with Crippen molar-refractivity contribution in [2.75, 3.05) is 10.0 Å². The lowest BCUT2D eigenvalue weighted by Gasteiger charge is -2.18. The van der Waals surface area contributed by atoms with E-state index >= 15 is 0 Å². The summed E-state index contributed by atoms with van der Waals surface area (Å²) in [6.45, 7) is 0. The van der Waals surface area contributed by atoms with Crippen LogP contribution >= 0.6 is 0 Å². The summed E-state index contributed by atoms with van der Waals surface area (Å²) in [6.07, 6.45) is 0. The molecule has 0 aromatic heterocycles. The Labute approximate surface area is 192 Å². The summed E-state index contributed by atoms with van der Waals surface area (Å²) in [5.41, 5.74) is 2.42. The minimum absolute atomic E-state index is 0.0208. The van der Waals surface area contributed by atoms with Crippen LogP contribution in [0, 0.1) is 5.82 Å². The normalized spacial score (nSPS) is 11.2. The molecular weight excluding hydrogens is 439 g/mol. The Kier molecular flexibility index (Phi) is 6.51. The molecule has 7 heteroatoms. The van der Waals surface area contributed by atoms with Gasteiger partial charge in [0.25, 0.3) is 10.0 Å². The standard InChI is InChI=1S/C26H21FN2O3S/c27-21-11-13-23(14-12-21)29-33(31,32)24-17-15-22(16-18-24)28-26(30)25(19-7-3-1-4-8-19)20-9-5-2-6-10-20/h1-18,25,29H,(H,28,30). The molecule has 4 aromatic rings. The largest absolute Gasteiger partial charge is 0.325 e. The Morgan fingerprint density at radius 2 is 1.15 bits per heavy atom. The number of nitrogens with one attached hydrogen (secondary N) is 2. The van der Waals surface area contributed by atoms with Crippen molar-refractivity contribution in [3.8, 4) is 0 Å². The van der Waals surface area contributed by atoms with Crippen molar-refractivity contribution in [1.82, 2.24) is 0 Å². The summed E-state index contributed by atoms with van der Waals surface area (Å²) >= 11 is 0. The number of amides is 1. The molecule has 0 aliphatic carbocycles. The molecule has 0 fully saturated rings. The van der Waals surface area contributed by atoms with Crippen LogP contribution in [-0.2, 0) is 14.8 Å². The van der Waals surface area contributed by atoms with E-state index in [1.54, 1.807) is 0 Å². The highest BCUT2D eigenvalue weighted by atomic mass is 32.2. The zero-order valence-electron chi connectivity index (χ0n) is 17.5. The minimum atomic E-state index is -3.86. The average molecular weight is 461 g/mol. The molecule has 5 nitrogen and oxygen atoms in total. The van der Waals surface area contributed by atoms with E-state index in [0.29, 0.717) is 5.69 Å². The van der Waals surface area contributed by atoms with Crippen molar-refractivity contribution in [2.24, 2.45) is 0 Å². The molecule has 4 rings (SSSR count). The lowest BCUT2D eigenvalue weighted by atomic mass is 9.90. The van der Waals surface area contributed by atoms with Crippen LogP contribution in [-0.4, -0.2) is 14.3 Å². The molecule has 0 spiro atoms. The lowest BCUT2D eigenvalue weighted by molar-refractivity contribution is -0.116. The molecule has 0 atom stereocenters. The monoisotopic (exact) mass is 460 g/mol. The first-order valence-corrected chi connectivity index (χ1v) is 11.7. The van der Waals surface area contributed by atoms with Crippen LogP contribution in [0.3, 0.4) is 0 Å². The van der Waals surface area contributed by atoms with Gasteiger partial charge in [0.15, 0.2) is 0 Å². The molecule has 4 aromatic carbocycles. The van der Waals surface area contributed by atoms with Crippen LogP contribution in [0.15, 0.2) is 114 Å². The molecule has 0 heterocycles. The van der Waals surface area contributed by atoms with Crippen molar-refractivity contribution < 1.29 is 17.6 Å². The number of benzene rings is 4. The third-order valence-electron chi connectivity index (χ3n) is 5.06. The van der Waals surface area contributed by atoms with Gasteiger partial charge in [-0.3, -0.25) is 9.52 Å². The zero-order chi connectivity index (χ0) is 23.3. The first-order chi connectivity index (χ1) is 15.9. The number of halogens is 1. The second kappa shape index (κ2) is 9.67. The molecule has 0 radical (unpaired) electrons. The van der Waals surface area contributed by atoms with Crippen molar-refractivity contribution in [2.45, 2.75) is 10.8 Å². The van der Waals surface area contributed by atoms with Gasteiger partial charge in [0.2, 0.25) is 5.91 Å². The van der Waals surface area contributed by atoms with E-state index in [2.05, 4.69) is 10.0 Å². The lowest BCUT2D eigenvalue weighted by Crippen LogP contribution is -2.22. The molecule has 0 unspecified atom stereocenters. The van der Waals surface area contributed by atoms with E-state index in [1.165, 1.54) is 48.5 Å². The van der Waals surface area contributed by atoms with Crippen LogP contribution < -0.4 is 10.0 Å². The van der Waals surface area contributed by atoms with Crippen molar-refractivity contribution in [3.63, 3.8) is 0 Å². The second-order valence-electron chi connectivity index (χ2n) is 7.38. The van der Waals surface area contributed by atoms with Gasteiger partial charge in [0, 0.05) is 11.4 Å². The van der Waals surface area contributed by atoms with E-state index in [1.807, 2.05) is 60.7 Å². The van der Waals surface area contributed by atoms with E-state index in [4.69, 9.17) is 0 Å². The quantitative estimate of drug-likeness (QED) is 0.388. The number of hydrogen-bond acceptors (Lipinski definition) is 3. The van der Waals surface area contributed by atoms with Gasteiger partial charge in [-0.05, 0) is 59.7 Å². The smallest absolute Gasteiger partial charge is 0.261 e. The van der Waals surface area contributed by atoms with Gasteiger partial charge in [-0.2, -0.15) is 0 Å². The van der Waals surface area contributed by atoms with E-state index in [0.717, 1.165) is 11.1 Å². The molecule has 166 valence electrons. The van der Waals surface area contributed by atoms with Crippen molar-refractivity contribution in [1.29, 1.82) is 0 Å². The summed E-state index contributed by atoms with van der Waals surface area (Å²) in [5, 5.41) is 2.88. The van der Waals surface area contributed by atoms with E-state index in [-0.39, 0.29) is 16.5 Å². The van der Waals surface area contributed by atoms with Gasteiger partial charge in [0.05, 0.1) is 10.8 Å². The predicted molar refractivity (Wildman–Crippen MR) is 127 cm³/mol. The Hall–Kier alpha value is -3.97. The van der Waals surface area contributed by atoms with Gasteiger partial charge in [-0.25, -0.2) is 12.8 Å². The Morgan fingerprint density at radius 1 is 0.667 bits per heavy atom. The summed E-state index contributed by atoms with van der Waals surface area (Å²) in [4.78, 5) is 13.2. The Balaban J connectivity index is 1.52. The van der Waals surface area contributed by atoms with Crippen molar-refractivity contribution in [3.05, 3.63) is 126 Å². The number of sulfonamides is 1. The van der Waals surface area contributed by atoms with Gasteiger partial charge in [0.1, 0.15) is 5.82 Å². The summed E-state index contributed by atoms with van der Waals surface area (Å²) in [7, 11) is -3.86. The van der Waals surface area contributed by atoms with Crippen LogP contribution in [0.1, 0.15) is 17.0 Å². The maximum absolute atomic E-state index is 13.2. The van der Waals surface area contributed by atoms with E-state index < -0.39 is 21.8 Å². The molecule has 0 aliphatic rings.